The van der Waals surface area contributed by atoms with Crippen LogP contribution in [0.1, 0.15) is 40.7 Å². The molecule has 1 amide bonds. The molecule has 1 saturated heterocycles. The highest BCUT2D eigenvalue weighted by Gasteiger charge is 2.32. The maximum absolute atomic E-state index is 12.7. The van der Waals surface area contributed by atoms with Gasteiger partial charge >= 0.3 is 6.18 Å². The van der Waals surface area contributed by atoms with E-state index in [0.717, 1.165) is 17.7 Å². The van der Waals surface area contributed by atoms with Crippen LogP contribution in [0.15, 0.2) is 48.8 Å². The lowest BCUT2D eigenvalue weighted by Gasteiger charge is -2.32. The molecule has 0 N–H and O–H groups in total. The minimum atomic E-state index is -4.43. The molecule has 1 fully saturated rings. The van der Waals surface area contributed by atoms with Crippen molar-refractivity contribution in [3.05, 3.63) is 65.5 Å². The average Bonchev–Trinajstić information content (AvgIpc) is 2.72. The Bertz CT molecular complexity index is 820. The molecule has 148 valence electrons. The molecule has 0 radical (unpaired) electrons. The van der Waals surface area contributed by atoms with Gasteiger partial charge in [-0.2, -0.15) is 13.2 Å². The zero-order valence-corrected chi connectivity index (χ0v) is 15.3. The van der Waals surface area contributed by atoms with Crippen LogP contribution < -0.4 is 0 Å². The van der Waals surface area contributed by atoms with E-state index in [0.29, 0.717) is 38.8 Å². The van der Waals surface area contributed by atoms with E-state index in [1.807, 2.05) is 12.1 Å². The normalized spacial score (nSPS) is 17.4. The summed E-state index contributed by atoms with van der Waals surface area (Å²) in [7, 11) is 0. The van der Waals surface area contributed by atoms with E-state index < -0.39 is 11.7 Å². The van der Waals surface area contributed by atoms with Crippen molar-refractivity contribution < 1.29 is 22.8 Å². The first-order valence-electron chi connectivity index (χ1n) is 9.23. The highest BCUT2D eigenvalue weighted by atomic mass is 19.4. The summed E-state index contributed by atoms with van der Waals surface area (Å²) in [6.45, 7) is 0.911. The van der Waals surface area contributed by atoms with Gasteiger partial charge in [0.2, 0.25) is 5.91 Å². The number of rotatable bonds is 5. The van der Waals surface area contributed by atoms with Gasteiger partial charge in [0.25, 0.3) is 0 Å². The number of likely N-dealkylation sites (tertiary alicyclic amines) is 1. The van der Waals surface area contributed by atoms with Crippen molar-refractivity contribution in [3.63, 3.8) is 0 Å². The number of piperidine rings is 1. The van der Waals surface area contributed by atoms with E-state index >= 15 is 0 Å². The Morgan fingerprint density at radius 1 is 1.14 bits per heavy atom. The van der Waals surface area contributed by atoms with Gasteiger partial charge in [-0.1, -0.05) is 18.2 Å². The number of aryl methyl sites for hydroxylation is 1. The van der Waals surface area contributed by atoms with Gasteiger partial charge in [0.15, 0.2) is 5.78 Å². The molecule has 7 heteroatoms. The monoisotopic (exact) mass is 390 g/mol. The number of amides is 1. The van der Waals surface area contributed by atoms with Gasteiger partial charge in [-0.15, -0.1) is 0 Å². The Labute approximate surface area is 161 Å². The highest BCUT2D eigenvalue weighted by Crippen LogP contribution is 2.30. The number of aromatic nitrogens is 1. The predicted octanol–water partition coefficient (Wildman–Crippen LogP) is 4.15. The molecular formula is C21H21F3N2O2. The van der Waals surface area contributed by atoms with Crippen molar-refractivity contribution in [1.82, 2.24) is 9.88 Å². The molecule has 0 aliphatic carbocycles. The van der Waals surface area contributed by atoms with Crippen molar-refractivity contribution in [1.29, 1.82) is 0 Å². The molecule has 0 saturated carbocycles. The van der Waals surface area contributed by atoms with E-state index in [1.54, 1.807) is 17.3 Å². The minimum Gasteiger partial charge on any atom is -0.342 e. The number of ketones is 1. The molecule has 1 aliphatic heterocycles. The van der Waals surface area contributed by atoms with Crippen LogP contribution in [-0.2, 0) is 17.4 Å². The maximum Gasteiger partial charge on any atom is 0.416 e. The van der Waals surface area contributed by atoms with Crippen LogP contribution >= 0.6 is 0 Å². The van der Waals surface area contributed by atoms with Crippen LogP contribution in [-0.4, -0.2) is 34.7 Å². The molecule has 2 aromatic rings. The standard InChI is InChI=1S/C21H21F3N2O2/c22-21(23,24)18-8-6-16(7-9-18)20(28)17-4-2-12-26(14-17)19(27)10-5-15-3-1-11-25-13-15/h1,3,6-9,11,13,17H,2,4-5,10,12,14H2. The molecular weight excluding hydrogens is 369 g/mol. The number of pyridine rings is 1. The van der Waals surface area contributed by atoms with E-state index in [1.165, 1.54) is 12.1 Å². The van der Waals surface area contributed by atoms with Crippen LogP contribution in [0.5, 0.6) is 0 Å². The Morgan fingerprint density at radius 3 is 2.54 bits per heavy atom. The van der Waals surface area contributed by atoms with Crippen LogP contribution in [0.3, 0.4) is 0 Å². The molecule has 4 nitrogen and oxygen atoms in total. The van der Waals surface area contributed by atoms with Crippen molar-refractivity contribution in [3.8, 4) is 0 Å². The quantitative estimate of drug-likeness (QED) is 0.721. The number of alkyl halides is 3. The van der Waals surface area contributed by atoms with Gasteiger partial charge in [-0.3, -0.25) is 14.6 Å². The summed E-state index contributed by atoms with van der Waals surface area (Å²) in [5, 5.41) is 0. The largest absolute Gasteiger partial charge is 0.416 e. The molecule has 0 spiro atoms. The van der Waals surface area contributed by atoms with Gasteiger partial charge in [-0.25, -0.2) is 0 Å². The van der Waals surface area contributed by atoms with Crippen molar-refractivity contribution in [2.75, 3.05) is 13.1 Å². The van der Waals surface area contributed by atoms with Gasteiger partial charge in [0.1, 0.15) is 0 Å². The first kappa shape index (κ1) is 20.0. The zero-order valence-electron chi connectivity index (χ0n) is 15.3. The number of Topliss-reactive ketones (excluding diaryl/α,β-unsaturated/α-hetero) is 1. The van der Waals surface area contributed by atoms with Gasteiger partial charge in [0, 0.05) is 43.4 Å². The molecule has 2 heterocycles. The third-order valence-corrected chi connectivity index (χ3v) is 4.99. The summed E-state index contributed by atoms with van der Waals surface area (Å²) in [5.74, 6) is -0.611. The summed E-state index contributed by atoms with van der Waals surface area (Å²) >= 11 is 0. The second-order valence-corrected chi connectivity index (χ2v) is 6.98. The van der Waals surface area contributed by atoms with Gasteiger partial charge in [0.05, 0.1) is 5.56 Å². The van der Waals surface area contributed by atoms with Crippen molar-refractivity contribution >= 4 is 11.7 Å². The lowest BCUT2D eigenvalue weighted by molar-refractivity contribution is -0.137. The number of hydrogen-bond acceptors (Lipinski definition) is 3. The first-order chi connectivity index (χ1) is 13.3. The highest BCUT2D eigenvalue weighted by molar-refractivity contribution is 5.98. The Morgan fingerprint density at radius 2 is 1.89 bits per heavy atom. The lowest BCUT2D eigenvalue weighted by Crippen LogP contribution is -2.42. The third-order valence-electron chi connectivity index (χ3n) is 4.99. The number of nitrogens with zero attached hydrogens (tertiary/aromatic N) is 2. The van der Waals surface area contributed by atoms with Crippen LogP contribution in [0, 0.1) is 5.92 Å². The number of benzene rings is 1. The third kappa shape index (κ3) is 4.97. The SMILES string of the molecule is O=C(c1ccc(C(F)(F)F)cc1)C1CCCN(C(=O)CCc2cccnc2)C1. The molecule has 1 aromatic carbocycles. The topological polar surface area (TPSA) is 50.3 Å². The second kappa shape index (κ2) is 8.54. The molecule has 1 atom stereocenters. The Hall–Kier alpha value is -2.70. The molecule has 0 bridgehead atoms. The Kier molecular flexibility index (Phi) is 6.11. The van der Waals surface area contributed by atoms with E-state index in [9.17, 15) is 22.8 Å². The number of carbonyl (C=O) groups excluding carboxylic acids is 2. The second-order valence-electron chi connectivity index (χ2n) is 6.98. The minimum absolute atomic E-state index is 0.0197. The molecule has 28 heavy (non-hydrogen) atoms. The fraction of sp³-hybridized carbons (Fsp3) is 0.381. The lowest BCUT2D eigenvalue weighted by atomic mass is 9.89. The van der Waals surface area contributed by atoms with Crippen LogP contribution in [0.25, 0.3) is 0 Å². The molecule has 3 rings (SSSR count). The van der Waals surface area contributed by atoms with E-state index in [-0.39, 0.29) is 23.2 Å². The Balaban J connectivity index is 1.59. The predicted molar refractivity (Wildman–Crippen MR) is 97.6 cm³/mol. The average molecular weight is 390 g/mol. The fourth-order valence-corrected chi connectivity index (χ4v) is 3.43. The first-order valence-corrected chi connectivity index (χ1v) is 9.23. The van der Waals surface area contributed by atoms with Crippen molar-refractivity contribution in [2.45, 2.75) is 31.9 Å². The van der Waals surface area contributed by atoms with Crippen molar-refractivity contribution in [2.24, 2.45) is 5.92 Å². The smallest absolute Gasteiger partial charge is 0.342 e. The van der Waals surface area contributed by atoms with Gasteiger partial charge in [-0.05, 0) is 43.0 Å². The summed E-state index contributed by atoms with van der Waals surface area (Å²) in [4.78, 5) is 30.9. The summed E-state index contributed by atoms with van der Waals surface area (Å²) in [5.41, 5.74) is 0.452. The fourth-order valence-electron chi connectivity index (χ4n) is 3.43. The summed E-state index contributed by atoms with van der Waals surface area (Å²) in [6, 6.07) is 8.01. The summed E-state index contributed by atoms with van der Waals surface area (Å²) < 4.78 is 38.0. The number of halogens is 3. The molecule has 1 aromatic heterocycles. The van der Waals surface area contributed by atoms with Crippen LogP contribution in [0.4, 0.5) is 13.2 Å². The number of carbonyl (C=O) groups is 2. The van der Waals surface area contributed by atoms with E-state index in [2.05, 4.69) is 4.98 Å². The summed E-state index contributed by atoms with van der Waals surface area (Å²) in [6.07, 6.45) is 1.23. The molecule has 1 unspecified atom stereocenters. The number of hydrogen-bond donors (Lipinski definition) is 0. The van der Waals surface area contributed by atoms with Gasteiger partial charge < -0.3 is 4.90 Å². The van der Waals surface area contributed by atoms with Crippen LogP contribution in [0.2, 0.25) is 0 Å². The maximum atomic E-state index is 12.7. The van der Waals surface area contributed by atoms with E-state index in [4.69, 9.17) is 0 Å². The molecule has 1 aliphatic rings. The zero-order chi connectivity index (χ0) is 20.1.